The van der Waals surface area contributed by atoms with Crippen molar-refractivity contribution in [2.45, 2.75) is 17.2 Å². The zero-order valence-electron chi connectivity index (χ0n) is 17.4. The molecule has 1 fully saturated rings. The van der Waals surface area contributed by atoms with Crippen LogP contribution in [0.5, 0.6) is 0 Å². The van der Waals surface area contributed by atoms with Gasteiger partial charge >= 0.3 is 0 Å². The van der Waals surface area contributed by atoms with Crippen LogP contribution in [0.1, 0.15) is 27.4 Å². The van der Waals surface area contributed by atoms with Crippen LogP contribution in [0.15, 0.2) is 54.6 Å². The summed E-state index contributed by atoms with van der Waals surface area (Å²) in [6, 6.07) is 13.4. The predicted molar refractivity (Wildman–Crippen MR) is 136 cm³/mol. The van der Waals surface area contributed by atoms with Crippen LogP contribution in [0.25, 0.3) is 0 Å². The fraction of sp³-hybridized carbons (Fsp3) is 0.167. The summed E-state index contributed by atoms with van der Waals surface area (Å²) in [6.07, 6.45) is 0. The van der Waals surface area contributed by atoms with E-state index in [0.717, 1.165) is 0 Å². The second kappa shape index (κ2) is 9.56. The van der Waals surface area contributed by atoms with Crippen LogP contribution in [0.3, 0.4) is 0 Å². The average molecular weight is 561 g/mol. The van der Waals surface area contributed by atoms with Crippen LogP contribution in [0, 0.1) is 18.7 Å². The Kier molecular flexibility index (Phi) is 7.05. The van der Waals surface area contributed by atoms with Crippen LogP contribution in [-0.2, 0) is 4.79 Å². The average Bonchev–Trinajstić information content (AvgIpc) is 3.33. The highest BCUT2D eigenvalue weighted by Crippen LogP contribution is 2.65. The molecular formula is C24H16Cl5FN2O2. The number of carbonyl (C=O) groups excluding carboxylic acids is 2. The standard InChI is InChI=1S/C24H16Cl5FN2O2/c1-11-6-15(30)2-5-19(11)32-22(33)17-10-16(3-4-18(17)27)31-23(34)21-20(24(21,28)29)12-7-13(25)9-14(26)8-12/h2-10,20-21H,1H3,(H,31,34)(H,32,33)/t20-,21+/m0/s1. The summed E-state index contributed by atoms with van der Waals surface area (Å²) in [5.74, 6) is -2.64. The second-order valence-corrected chi connectivity index (χ2v) is 10.7. The normalized spacial score (nSPS) is 18.3. The fourth-order valence-electron chi connectivity index (χ4n) is 3.78. The summed E-state index contributed by atoms with van der Waals surface area (Å²) in [6.45, 7) is 1.67. The highest BCUT2D eigenvalue weighted by Gasteiger charge is 2.67. The number of amides is 2. The van der Waals surface area contributed by atoms with Gasteiger partial charge in [0.05, 0.1) is 16.5 Å². The van der Waals surface area contributed by atoms with E-state index in [4.69, 9.17) is 58.0 Å². The molecule has 10 heteroatoms. The van der Waals surface area contributed by atoms with Gasteiger partial charge in [0.2, 0.25) is 5.91 Å². The van der Waals surface area contributed by atoms with Gasteiger partial charge in [-0.25, -0.2) is 4.39 Å². The van der Waals surface area contributed by atoms with E-state index < -0.39 is 33.8 Å². The molecule has 2 amide bonds. The first-order valence-corrected chi connectivity index (χ1v) is 11.9. The van der Waals surface area contributed by atoms with E-state index in [-0.39, 0.29) is 10.6 Å². The van der Waals surface area contributed by atoms with Gasteiger partial charge in [-0.05, 0) is 72.6 Å². The Morgan fingerprint density at radius 3 is 2.24 bits per heavy atom. The molecule has 2 N–H and O–H groups in total. The molecular weight excluding hydrogens is 545 g/mol. The van der Waals surface area contributed by atoms with E-state index in [1.54, 1.807) is 31.2 Å². The first-order chi connectivity index (χ1) is 16.0. The second-order valence-electron chi connectivity index (χ2n) is 7.93. The third kappa shape index (κ3) is 5.14. The number of aryl methyl sites for hydroxylation is 1. The Morgan fingerprint density at radius 1 is 0.912 bits per heavy atom. The molecule has 0 aromatic heterocycles. The number of alkyl halides is 2. The highest BCUT2D eigenvalue weighted by atomic mass is 35.5. The summed E-state index contributed by atoms with van der Waals surface area (Å²) in [4.78, 5) is 25.8. The van der Waals surface area contributed by atoms with E-state index in [1.807, 2.05) is 0 Å². The molecule has 3 aromatic carbocycles. The number of halogens is 6. The molecule has 1 aliphatic carbocycles. The van der Waals surface area contributed by atoms with Crippen molar-refractivity contribution >= 4 is 81.2 Å². The van der Waals surface area contributed by atoms with E-state index in [2.05, 4.69) is 10.6 Å². The molecule has 4 rings (SSSR count). The van der Waals surface area contributed by atoms with Crippen molar-refractivity contribution in [2.75, 3.05) is 10.6 Å². The minimum absolute atomic E-state index is 0.125. The van der Waals surface area contributed by atoms with Gasteiger partial charge in [0.15, 0.2) is 0 Å². The number of nitrogens with one attached hydrogen (secondary N) is 2. The van der Waals surface area contributed by atoms with Crippen molar-refractivity contribution in [2.24, 2.45) is 5.92 Å². The maximum Gasteiger partial charge on any atom is 0.257 e. The van der Waals surface area contributed by atoms with Gasteiger partial charge < -0.3 is 10.6 Å². The maximum atomic E-state index is 13.3. The molecule has 0 spiro atoms. The van der Waals surface area contributed by atoms with Crippen LogP contribution < -0.4 is 10.6 Å². The van der Waals surface area contributed by atoms with Crippen molar-refractivity contribution in [3.05, 3.63) is 92.2 Å². The Bertz CT molecular complexity index is 1290. The Labute approximate surface area is 220 Å². The van der Waals surface area contributed by atoms with Crippen LogP contribution >= 0.6 is 58.0 Å². The topological polar surface area (TPSA) is 58.2 Å². The zero-order chi connectivity index (χ0) is 24.8. The van der Waals surface area contributed by atoms with E-state index in [1.165, 1.54) is 30.3 Å². The van der Waals surface area contributed by atoms with Crippen LogP contribution in [0.2, 0.25) is 15.1 Å². The third-order valence-corrected chi connectivity index (χ3v) is 7.20. The molecule has 0 aliphatic heterocycles. The van der Waals surface area contributed by atoms with Crippen LogP contribution in [-0.4, -0.2) is 16.1 Å². The molecule has 0 saturated heterocycles. The maximum absolute atomic E-state index is 13.3. The van der Waals surface area contributed by atoms with Gasteiger partial charge in [-0.15, -0.1) is 23.2 Å². The molecule has 1 saturated carbocycles. The molecule has 3 aromatic rings. The number of benzene rings is 3. The quantitative estimate of drug-likeness (QED) is 0.312. The van der Waals surface area contributed by atoms with Crippen molar-refractivity contribution in [1.29, 1.82) is 0 Å². The van der Waals surface area contributed by atoms with Gasteiger partial charge in [-0.3, -0.25) is 9.59 Å². The van der Waals surface area contributed by atoms with Crippen molar-refractivity contribution in [1.82, 2.24) is 0 Å². The van der Waals surface area contributed by atoms with Gasteiger partial charge in [0, 0.05) is 27.3 Å². The first-order valence-electron chi connectivity index (χ1n) is 9.99. The van der Waals surface area contributed by atoms with Crippen molar-refractivity contribution in [3.63, 3.8) is 0 Å². The van der Waals surface area contributed by atoms with Crippen molar-refractivity contribution < 1.29 is 14.0 Å². The highest BCUT2D eigenvalue weighted by molar-refractivity contribution is 6.53. The summed E-state index contributed by atoms with van der Waals surface area (Å²) >= 11 is 31.2. The Balaban J connectivity index is 1.52. The lowest BCUT2D eigenvalue weighted by atomic mass is 10.1. The summed E-state index contributed by atoms with van der Waals surface area (Å²) in [7, 11) is 0. The molecule has 0 bridgehead atoms. The minimum Gasteiger partial charge on any atom is -0.326 e. The molecule has 0 heterocycles. The lowest BCUT2D eigenvalue weighted by Gasteiger charge is -2.12. The summed E-state index contributed by atoms with van der Waals surface area (Å²) in [5.41, 5.74) is 2.09. The summed E-state index contributed by atoms with van der Waals surface area (Å²) < 4.78 is 12.0. The largest absolute Gasteiger partial charge is 0.326 e. The lowest BCUT2D eigenvalue weighted by Crippen LogP contribution is -2.18. The lowest BCUT2D eigenvalue weighted by molar-refractivity contribution is -0.117. The number of hydrogen-bond acceptors (Lipinski definition) is 2. The number of carbonyl (C=O) groups is 2. The monoisotopic (exact) mass is 558 g/mol. The van der Waals surface area contributed by atoms with Gasteiger partial charge in [0.25, 0.3) is 5.91 Å². The molecule has 34 heavy (non-hydrogen) atoms. The van der Waals surface area contributed by atoms with Crippen molar-refractivity contribution in [3.8, 4) is 0 Å². The minimum atomic E-state index is -1.34. The third-order valence-electron chi connectivity index (χ3n) is 5.50. The number of anilines is 2. The smallest absolute Gasteiger partial charge is 0.257 e. The molecule has 2 atom stereocenters. The molecule has 0 unspecified atom stereocenters. The Hall–Kier alpha value is -2.02. The predicted octanol–water partition coefficient (Wildman–Crippen LogP) is 7.87. The first kappa shape index (κ1) is 25.1. The number of hydrogen-bond donors (Lipinski definition) is 2. The SMILES string of the molecule is Cc1cc(F)ccc1NC(=O)c1cc(NC(=O)[C@H]2[C@H](c3cc(Cl)cc(Cl)c3)C2(Cl)Cl)ccc1Cl. The van der Waals surface area contributed by atoms with E-state index in [9.17, 15) is 14.0 Å². The van der Waals surface area contributed by atoms with Gasteiger partial charge in [-0.2, -0.15) is 0 Å². The fourth-order valence-corrected chi connectivity index (χ4v) is 5.35. The van der Waals surface area contributed by atoms with Gasteiger partial charge in [-0.1, -0.05) is 34.8 Å². The van der Waals surface area contributed by atoms with E-state index >= 15 is 0 Å². The molecule has 176 valence electrons. The molecule has 0 radical (unpaired) electrons. The molecule has 1 aliphatic rings. The molecule has 4 nitrogen and oxygen atoms in total. The Morgan fingerprint density at radius 2 is 1.59 bits per heavy atom. The number of rotatable bonds is 5. The zero-order valence-corrected chi connectivity index (χ0v) is 21.2. The van der Waals surface area contributed by atoms with E-state index in [0.29, 0.717) is 32.5 Å². The summed E-state index contributed by atoms with van der Waals surface area (Å²) in [5, 5.41) is 6.41. The van der Waals surface area contributed by atoms with Gasteiger partial charge in [0.1, 0.15) is 10.2 Å². The van der Waals surface area contributed by atoms with Crippen LogP contribution in [0.4, 0.5) is 15.8 Å².